The van der Waals surface area contributed by atoms with Gasteiger partial charge in [0.15, 0.2) is 5.78 Å². The monoisotopic (exact) mass is 357 g/mol. The first-order valence-electron chi connectivity index (χ1n) is 6.72. The third-order valence-electron chi connectivity index (χ3n) is 2.87. The van der Waals surface area contributed by atoms with Crippen molar-refractivity contribution in [2.24, 2.45) is 0 Å². The molecule has 1 aromatic rings. The Morgan fingerprint density at radius 3 is 2.62 bits per heavy atom. The van der Waals surface area contributed by atoms with Crippen molar-refractivity contribution >= 4 is 27.8 Å². The van der Waals surface area contributed by atoms with Crippen molar-refractivity contribution in [3.8, 4) is 0 Å². The number of carbonyl (C=O) groups is 2. The SMILES string of the molecule is COCCCC(NC(=O)OCc1ccccc1)C(=O)CBr. The topological polar surface area (TPSA) is 64.6 Å². The van der Waals surface area contributed by atoms with Gasteiger partial charge >= 0.3 is 6.09 Å². The van der Waals surface area contributed by atoms with E-state index in [1.165, 1.54) is 0 Å². The van der Waals surface area contributed by atoms with Gasteiger partial charge in [0.1, 0.15) is 6.61 Å². The summed E-state index contributed by atoms with van der Waals surface area (Å²) in [6.45, 7) is 0.729. The molecule has 21 heavy (non-hydrogen) atoms. The molecule has 1 aromatic carbocycles. The van der Waals surface area contributed by atoms with Crippen molar-refractivity contribution in [1.82, 2.24) is 5.32 Å². The van der Waals surface area contributed by atoms with Crippen molar-refractivity contribution < 1.29 is 19.1 Å². The lowest BCUT2D eigenvalue weighted by Gasteiger charge is -2.16. The molecule has 6 heteroatoms. The first-order valence-corrected chi connectivity index (χ1v) is 7.84. The van der Waals surface area contributed by atoms with Crippen LogP contribution in [0.5, 0.6) is 0 Å². The number of ketones is 1. The van der Waals surface area contributed by atoms with E-state index in [1.807, 2.05) is 30.3 Å². The van der Waals surface area contributed by atoms with Gasteiger partial charge in [-0.2, -0.15) is 0 Å². The first kappa shape index (κ1) is 17.7. The Bertz CT molecular complexity index is 439. The summed E-state index contributed by atoms with van der Waals surface area (Å²) in [5.41, 5.74) is 0.899. The van der Waals surface area contributed by atoms with Crippen molar-refractivity contribution in [3.05, 3.63) is 35.9 Å². The molecular formula is C15H20BrNO4. The molecule has 0 bridgehead atoms. The van der Waals surface area contributed by atoms with Crippen molar-refractivity contribution in [2.75, 3.05) is 19.0 Å². The summed E-state index contributed by atoms with van der Waals surface area (Å²) in [6.07, 6.45) is 0.632. The van der Waals surface area contributed by atoms with Crippen LogP contribution in [0.25, 0.3) is 0 Å². The van der Waals surface area contributed by atoms with E-state index < -0.39 is 12.1 Å². The standard InChI is InChI=1S/C15H20BrNO4/c1-20-9-5-8-13(14(18)10-16)17-15(19)21-11-12-6-3-2-4-7-12/h2-4,6-7,13H,5,8-11H2,1H3,(H,17,19). The maximum absolute atomic E-state index is 11.8. The number of halogens is 1. The van der Waals surface area contributed by atoms with Crippen LogP contribution < -0.4 is 5.32 Å². The van der Waals surface area contributed by atoms with E-state index in [1.54, 1.807) is 7.11 Å². The number of amides is 1. The summed E-state index contributed by atoms with van der Waals surface area (Å²) in [5, 5.41) is 2.80. The molecule has 1 amide bonds. The van der Waals surface area contributed by atoms with E-state index >= 15 is 0 Å². The highest BCUT2D eigenvalue weighted by Gasteiger charge is 2.19. The van der Waals surface area contributed by atoms with Gasteiger partial charge in [-0.15, -0.1) is 0 Å². The number of alkyl carbamates (subject to hydrolysis) is 1. The lowest BCUT2D eigenvalue weighted by Crippen LogP contribution is -2.41. The van der Waals surface area contributed by atoms with E-state index in [2.05, 4.69) is 21.2 Å². The Morgan fingerprint density at radius 2 is 2.00 bits per heavy atom. The molecule has 0 aliphatic carbocycles. The van der Waals surface area contributed by atoms with E-state index in [9.17, 15) is 9.59 Å². The molecule has 0 saturated carbocycles. The zero-order valence-corrected chi connectivity index (χ0v) is 13.6. The van der Waals surface area contributed by atoms with Crippen molar-refractivity contribution in [2.45, 2.75) is 25.5 Å². The molecule has 0 aliphatic heterocycles. The summed E-state index contributed by atoms with van der Waals surface area (Å²) in [4.78, 5) is 23.5. The van der Waals surface area contributed by atoms with E-state index in [0.717, 1.165) is 5.56 Å². The van der Waals surface area contributed by atoms with Crippen LogP contribution in [0.3, 0.4) is 0 Å². The van der Waals surface area contributed by atoms with Crippen molar-refractivity contribution in [3.63, 3.8) is 0 Å². The maximum atomic E-state index is 11.8. The number of alkyl halides is 1. The number of rotatable bonds is 9. The third kappa shape index (κ3) is 7.24. The predicted molar refractivity (Wildman–Crippen MR) is 83.5 cm³/mol. The van der Waals surface area contributed by atoms with Gasteiger partial charge in [-0.1, -0.05) is 46.3 Å². The van der Waals surface area contributed by atoms with Gasteiger partial charge in [0.05, 0.1) is 11.4 Å². The summed E-state index contributed by atoms with van der Waals surface area (Å²) in [6, 6.07) is 8.82. The Hall–Kier alpha value is -1.40. The van der Waals surface area contributed by atoms with E-state index in [0.29, 0.717) is 19.4 Å². The van der Waals surface area contributed by atoms with Crippen LogP contribution in [0, 0.1) is 0 Å². The summed E-state index contributed by atoms with van der Waals surface area (Å²) < 4.78 is 10.1. The Morgan fingerprint density at radius 1 is 1.29 bits per heavy atom. The zero-order chi connectivity index (χ0) is 15.5. The minimum absolute atomic E-state index is 0.0808. The largest absolute Gasteiger partial charge is 0.445 e. The fourth-order valence-electron chi connectivity index (χ4n) is 1.75. The first-order chi connectivity index (χ1) is 10.2. The zero-order valence-electron chi connectivity index (χ0n) is 12.0. The number of hydrogen-bond donors (Lipinski definition) is 1. The number of benzene rings is 1. The molecule has 0 aliphatic rings. The molecule has 1 rings (SSSR count). The Kier molecular flexibility index (Phi) is 8.69. The number of ether oxygens (including phenoxy) is 2. The quantitative estimate of drug-likeness (QED) is 0.545. The normalized spacial score (nSPS) is 11.7. The molecule has 1 N–H and O–H groups in total. The van der Waals surface area contributed by atoms with Crippen LogP contribution in [0.15, 0.2) is 30.3 Å². The minimum atomic E-state index is -0.587. The van der Waals surface area contributed by atoms with Crippen LogP contribution in [0.1, 0.15) is 18.4 Å². The molecule has 0 heterocycles. The number of Topliss-reactive ketones (excluding diaryl/α,β-unsaturated/α-hetero) is 1. The average molecular weight is 358 g/mol. The van der Waals surface area contributed by atoms with Crippen molar-refractivity contribution in [1.29, 1.82) is 0 Å². The van der Waals surface area contributed by atoms with Crippen LogP contribution in [0.4, 0.5) is 4.79 Å². The third-order valence-corrected chi connectivity index (χ3v) is 3.42. The van der Waals surface area contributed by atoms with Crippen LogP contribution in [-0.2, 0) is 20.9 Å². The molecule has 0 radical (unpaired) electrons. The van der Waals surface area contributed by atoms with E-state index in [-0.39, 0.29) is 17.7 Å². The minimum Gasteiger partial charge on any atom is -0.445 e. The van der Waals surface area contributed by atoms with Gasteiger partial charge in [0.2, 0.25) is 0 Å². The van der Waals surface area contributed by atoms with Gasteiger partial charge in [-0.3, -0.25) is 4.79 Å². The summed E-state index contributed by atoms with van der Waals surface area (Å²) >= 11 is 3.12. The fourth-order valence-corrected chi connectivity index (χ4v) is 2.14. The highest BCUT2D eigenvalue weighted by Crippen LogP contribution is 2.04. The fraction of sp³-hybridized carbons (Fsp3) is 0.467. The molecule has 0 fully saturated rings. The second kappa shape index (κ2) is 10.3. The highest BCUT2D eigenvalue weighted by molar-refractivity contribution is 9.09. The summed E-state index contributed by atoms with van der Waals surface area (Å²) in [5.74, 6) is -0.0808. The molecule has 5 nitrogen and oxygen atoms in total. The molecule has 0 aromatic heterocycles. The van der Waals surface area contributed by atoms with Crippen LogP contribution in [0.2, 0.25) is 0 Å². The maximum Gasteiger partial charge on any atom is 0.408 e. The Labute approximate surface area is 133 Å². The second-order valence-corrected chi connectivity index (χ2v) is 5.05. The lowest BCUT2D eigenvalue weighted by atomic mass is 10.1. The van der Waals surface area contributed by atoms with Gasteiger partial charge in [0, 0.05) is 13.7 Å². The van der Waals surface area contributed by atoms with E-state index in [4.69, 9.17) is 9.47 Å². The van der Waals surface area contributed by atoms with Crippen LogP contribution in [-0.4, -0.2) is 37.0 Å². The Balaban J connectivity index is 2.41. The predicted octanol–water partition coefficient (Wildman–Crippen LogP) is 2.67. The summed E-state index contributed by atoms with van der Waals surface area (Å²) in [7, 11) is 1.60. The number of carbonyl (C=O) groups excluding carboxylic acids is 2. The average Bonchev–Trinajstić information content (AvgIpc) is 2.52. The van der Waals surface area contributed by atoms with Gasteiger partial charge in [-0.25, -0.2) is 4.79 Å². The molecule has 116 valence electrons. The molecule has 0 saturated heterocycles. The smallest absolute Gasteiger partial charge is 0.408 e. The lowest BCUT2D eigenvalue weighted by molar-refractivity contribution is -0.118. The number of nitrogens with one attached hydrogen (secondary N) is 1. The molecule has 0 spiro atoms. The molecule has 1 unspecified atom stereocenters. The molecular weight excluding hydrogens is 338 g/mol. The second-order valence-electron chi connectivity index (χ2n) is 4.49. The van der Waals surface area contributed by atoms with Gasteiger partial charge < -0.3 is 14.8 Å². The van der Waals surface area contributed by atoms with Crippen LogP contribution >= 0.6 is 15.9 Å². The molecule has 1 atom stereocenters. The van der Waals surface area contributed by atoms with Gasteiger partial charge in [0.25, 0.3) is 0 Å². The number of hydrogen-bond acceptors (Lipinski definition) is 4. The number of methoxy groups -OCH3 is 1. The highest BCUT2D eigenvalue weighted by atomic mass is 79.9. The van der Waals surface area contributed by atoms with Gasteiger partial charge in [-0.05, 0) is 18.4 Å².